The van der Waals surface area contributed by atoms with Crippen LogP contribution < -0.4 is 0 Å². The van der Waals surface area contributed by atoms with Gasteiger partial charge in [0, 0.05) is 39.3 Å². The number of piperazine rings is 1. The van der Waals surface area contributed by atoms with Crippen LogP contribution in [0.2, 0.25) is 0 Å². The summed E-state index contributed by atoms with van der Waals surface area (Å²) in [6.45, 7) is 14.2. The smallest absolute Gasteiger partial charge is 0.243 e. The molecule has 2 saturated heterocycles. The molecule has 1 atom stereocenters. The van der Waals surface area contributed by atoms with Crippen molar-refractivity contribution in [3.63, 3.8) is 0 Å². The van der Waals surface area contributed by atoms with Gasteiger partial charge in [-0.25, -0.2) is 8.42 Å². The number of rotatable bonds is 4. The molecular weight excluding hydrogens is 398 g/mol. The second-order valence-corrected chi connectivity index (χ2v) is 11.8. The molecule has 0 aliphatic carbocycles. The minimum atomic E-state index is -3.51. The fraction of sp³-hybridized carbons (Fsp3) is 0.696. The summed E-state index contributed by atoms with van der Waals surface area (Å²) in [4.78, 5) is 17.3. The molecule has 168 valence electrons. The first-order valence-corrected chi connectivity index (χ1v) is 12.6. The topological polar surface area (TPSA) is 60.9 Å². The van der Waals surface area contributed by atoms with Crippen LogP contribution in [0.5, 0.6) is 0 Å². The monoisotopic (exact) mass is 435 g/mol. The Morgan fingerprint density at radius 3 is 2.00 bits per heavy atom. The lowest BCUT2D eigenvalue weighted by molar-refractivity contribution is -0.138. The Balaban J connectivity index is 1.59. The summed E-state index contributed by atoms with van der Waals surface area (Å²) >= 11 is 0. The molecule has 1 unspecified atom stereocenters. The Labute approximate surface area is 182 Å². The van der Waals surface area contributed by atoms with Crippen molar-refractivity contribution in [1.82, 2.24) is 14.1 Å². The Bertz CT molecular complexity index is 829. The number of hydrogen-bond donors (Lipinski definition) is 0. The summed E-state index contributed by atoms with van der Waals surface area (Å²) in [6, 6.07) is 7.04. The summed E-state index contributed by atoms with van der Waals surface area (Å²) < 4.78 is 27.7. The molecule has 1 amide bonds. The molecule has 30 heavy (non-hydrogen) atoms. The van der Waals surface area contributed by atoms with Crippen LogP contribution in [-0.4, -0.2) is 73.7 Å². The molecule has 0 N–H and O–H groups in total. The SMILES string of the molecule is CC1CCN(C(=O)C(C)N2CCN(S(=O)(=O)c3ccc(C(C)(C)C)cc3)CC2)CC1. The molecule has 7 heteroatoms. The summed E-state index contributed by atoms with van der Waals surface area (Å²) in [5.74, 6) is 0.867. The van der Waals surface area contributed by atoms with Gasteiger partial charge in [0.15, 0.2) is 0 Å². The van der Waals surface area contributed by atoms with Crippen LogP contribution in [-0.2, 0) is 20.2 Å². The summed E-state index contributed by atoms with van der Waals surface area (Å²) in [7, 11) is -3.51. The van der Waals surface area contributed by atoms with Gasteiger partial charge in [0.1, 0.15) is 0 Å². The second kappa shape index (κ2) is 8.97. The van der Waals surface area contributed by atoms with Crippen molar-refractivity contribution in [2.24, 2.45) is 5.92 Å². The van der Waals surface area contributed by atoms with E-state index < -0.39 is 10.0 Å². The summed E-state index contributed by atoms with van der Waals surface area (Å²) in [6.07, 6.45) is 2.14. The van der Waals surface area contributed by atoms with E-state index in [-0.39, 0.29) is 17.4 Å². The van der Waals surface area contributed by atoms with Gasteiger partial charge in [-0.2, -0.15) is 4.31 Å². The molecule has 1 aromatic rings. The molecule has 0 aromatic heterocycles. The van der Waals surface area contributed by atoms with E-state index in [1.54, 1.807) is 16.4 Å². The molecule has 2 fully saturated rings. The number of benzene rings is 1. The lowest BCUT2D eigenvalue weighted by Gasteiger charge is -2.39. The van der Waals surface area contributed by atoms with Crippen LogP contribution in [0.25, 0.3) is 0 Å². The van der Waals surface area contributed by atoms with E-state index in [4.69, 9.17) is 0 Å². The number of carbonyl (C=O) groups excluding carboxylic acids is 1. The van der Waals surface area contributed by atoms with Gasteiger partial charge in [0.2, 0.25) is 15.9 Å². The van der Waals surface area contributed by atoms with Gasteiger partial charge in [0.25, 0.3) is 0 Å². The lowest BCUT2D eigenvalue weighted by Crippen LogP contribution is -2.56. The van der Waals surface area contributed by atoms with Crippen LogP contribution in [0.1, 0.15) is 53.0 Å². The van der Waals surface area contributed by atoms with Crippen LogP contribution in [0.3, 0.4) is 0 Å². The predicted molar refractivity (Wildman–Crippen MR) is 120 cm³/mol. The second-order valence-electron chi connectivity index (χ2n) is 9.90. The molecule has 0 bridgehead atoms. The Morgan fingerprint density at radius 1 is 0.967 bits per heavy atom. The highest BCUT2D eigenvalue weighted by molar-refractivity contribution is 7.89. The molecule has 0 saturated carbocycles. The predicted octanol–water partition coefficient (Wildman–Crippen LogP) is 2.94. The molecular formula is C23H37N3O3S. The van der Waals surface area contributed by atoms with Gasteiger partial charge in [-0.1, -0.05) is 39.8 Å². The maximum atomic E-state index is 13.1. The first-order chi connectivity index (χ1) is 14.0. The van der Waals surface area contributed by atoms with Crippen LogP contribution in [0, 0.1) is 5.92 Å². The zero-order chi connectivity index (χ0) is 22.1. The van der Waals surface area contributed by atoms with E-state index in [2.05, 4.69) is 32.6 Å². The molecule has 2 heterocycles. The molecule has 6 nitrogen and oxygen atoms in total. The van der Waals surface area contributed by atoms with Crippen molar-refractivity contribution in [1.29, 1.82) is 0 Å². The van der Waals surface area contributed by atoms with Crippen LogP contribution in [0.15, 0.2) is 29.2 Å². The fourth-order valence-corrected chi connectivity index (χ4v) is 5.68. The van der Waals surface area contributed by atoms with E-state index in [9.17, 15) is 13.2 Å². The largest absolute Gasteiger partial charge is 0.341 e. The van der Waals surface area contributed by atoms with Gasteiger partial charge in [-0.05, 0) is 48.8 Å². The molecule has 0 spiro atoms. The van der Waals surface area contributed by atoms with Crippen molar-refractivity contribution >= 4 is 15.9 Å². The van der Waals surface area contributed by atoms with E-state index in [1.807, 2.05) is 24.0 Å². The Kier molecular flexibility index (Phi) is 6.94. The third kappa shape index (κ3) is 5.06. The number of nitrogens with zero attached hydrogens (tertiary/aromatic N) is 3. The highest BCUT2D eigenvalue weighted by Crippen LogP contribution is 2.25. The Hall–Kier alpha value is -1.44. The van der Waals surface area contributed by atoms with Crippen LogP contribution >= 0.6 is 0 Å². The summed E-state index contributed by atoms with van der Waals surface area (Å²) in [5.41, 5.74) is 1.11. The fourth-order valence-electron chi connectivity index (χ4n) is 4.26. The quantitative estimate of drug-likeness (QED) is 0.730. The minimum absolute atomic E-state index is 0.0109. The number of amides is 1. The number of hydrogen-bond acceptors (Lipinski definition) is 4. The minimum Gasteiger partial charge on any atom is -0.341 e. The number of carbonyl (C=O) groups is 1. The van der Waals surface area contributed by atoms with Gasteiger partial charge in [-0.15, -0.1) is 0 Å². The molecule has 3 rings (SSSR count). The first kappa shape index (κ1) is 23.2. The zero-order valence-corrected chi connectivity index (χ0v) is 19.9. The van der Waals surface area contributed by atoms with Crippen molar-refractivity contribution in [3.8, 4) is 0 Å². The number of sulfonamides is 1. The molecule has 1 aromatic carbocycles. The van der Waals surface area contributed by atoms with Crippen molar-refractivity contribution in [3.05, 3.63) is 29.8 Å². The van der Waals surface area contributed by atoms with Gasteiger partial charge < -0.3 is 4.90 Å². The lowest BCUT2D eigenvalue weighted by atomic mass is 9.87. The van der Waals surface area contributed by atoms with E-state index in [0.717, 1.165) is 31.5 Å². The highest BCUT2D eigenvalue weighted by atomic mass is 32.2. The average molecular weight is 436 g/mol. The third-order valence-corrected chi connectivity index (χ3v) is 8.54. The highest BCUT2D eigenvalue weighted by Gasteiger charge is 2.34. The van der Waals surface area contributed by atoms with E-state index in [1.165, 1.54) is 0 Å². The number of piperidine rings is 1. The summed E-state index contributed by atoms with van der Waals surface area (Å²) in [5, 5.41) is 0. The van der Waals surface area contributed by atoms with Crippen LogP contribution in [0.4, 0.5) is 0 Å². The number of likely N-dealkylation sites (tertiary alicyclic amines) is 1. The molecule has 0 radical (unpaired) electrons. The zero-order valence-electron chi connectivity index (χ0n) is 19.1. The maximum absolute atomic E-state index is 13.1. The molecule has 2 aliphatic heterocycles. The third-order valence-electron chi connectivity index (χ3n) is 6.63. The standard InChI is InChI=1S/C23H37N3O3S/c1-18-10-12-25(13-11-18)22(27)19(2)24-14-16-26(17-15-24)30(28,29)21-8-6-20(7-9-21)23(3,4)5/h6-9,18-19H,10-17H2,1-5H3. The van der Waals surface area contributed by atoms with E-state index in [0.29, 0.717) is 37.0 Å². The van der Waals surface area contributed by atoms with Gasteiger partial charge >= 0.3 is 0 Å². The Morgan fingerprint density at radius 2 is 1.50 bits per heavy atom. The molecule has 2 aliphatic rings. The van der Waals surface area contributed by atoms with E-state index >= 15 is 0 Å². The van der Waals surface area contributed by atoms with Crippen molar-refractivity contribution in [2.75, 3.05) is 39.3 Å². The maximum Gasteiger partial charge on any atom is 0.243 e. The van der Waals surface area contributed by atoms with Crippen molar-refractivity contribution in [2.45, 2.75) is 63.8 Å². The average Bonchev–Trinajstić information content (AvgIpc) is 2.73. The van der Waals surface area contributed by atoms with Gasteiger partial charge in [0.05, 0.1) is 10.9 Å². The van der Waals surface area contributed by atoms with Gasteiger partial charge in [-0.3, -0.25) is 9.69 Å². The first-order valence-electron chi connectivity index (χ1n) is 11.1. The van der Waals surface area contributed by atoms with Crippen molar-refractivity contribution < 1.29 is 13.2 Å². The normalized spacial score (nSPS) is 21.6.